The van der Waals surface area contributed by atoms with Crippen LogP contribution in [0.3, 0.4) is 0 Å². The van der Waals surface area contributed by atoms with Crippen molar-refractivity contribution in [2.75, 3.05) is 13.7 Å². The molecule has 4 nitrogen and oxygen atoms in total. The second-order valence-electron chi connectivity index (χ2n) is 3.98. The predicted molar refractivity (Wildman–Crippen MR) is 66.5 cm³/mol. The van der Waals surface area contributed by atoms with Gasteiger partial charge in [0.15, 0.2) is 0 Å². The van der Waals surface area contributed by atoms with Crippen molar-refractivity contribution in [3.05, 3.63) is 40.4 Å². The van der Waals surface area contributed by atoms with E-state index >= 15 is 0 Å². The van der Waals surface area contributed by atoms with Gasteiger partial charge in [0.2, 0.25) is 0 Å². The number of para-hydroxylation sites is 1. The monoisotopic (exact) mass is 247 g/mol. The summed E-state index contributed by atoms with van der Waals surface area (Å²) < 4.78 is 9.66. The van der Waals surface area contributed by atoms with E-state index in [2.05, 4.69) is 33.1 Å². The van der Waals surface area contributed by atoms with Crippen LogP contribution in [0.4, 0.5) is 0 Å². The lowest BCUT2D eigenvalue weighted by Crippen LogP contribution is -2.17. The van der Waals surface area contributed by atoms with Crippen molar-refractivity contribution in [1.82, 2.24) is 14.9 Å². The maximum Gasteiger partial charge on any atom is 0.127 e. The van der Waals surface area contributed by atoms with Crippen molar-refractivity contribution >= 4 is 11.5 Å². The maximum atomic E-state index is 5.73. The Morgan fingerprint density at radius 2 is 2.41 bits per heavy atom. The van der Waals surface area contributed by atoms with E-state index in [9.17, 15) is 0 Å². The summed E-state index contributed by atoms with van der Waals surface area (Å²) in [5, 5.41) is 7.20. The summed E-state index contributed by atoms with van der Waals surface area (Å²) in [7, 11) is 1.94. The lowest BCUT2D eigenvalue weighted by atomic mass is 10.0. The number of fused-ring (bicyclic) bond motifs is 1. The third-order valence-electron chi connectivity index (χ3n) is 3.01. The Balaban J connectivity index is 2.06. The van der Waals surface area contributed by atoms with Crippen LogP contribution in [0, 0.1) is 0 Å². The van der Waals surface area contributed by atoms with Crippen molar-refractivity contribution in [1.29, 1.82) is 0 Å². The molecule has 17 heavy (non-hydrogen) atoms. The Morgan fingerprint density at radius 1 is 1.47 bits per heavy atom. The molecule has 1 unspecified atom stereocenters. The van der Waals surface area contributed by atoms with Gasteiger partial charge in [-0.25, -0.2) is 0 Å². The van der Waals surface area contributed by atoms with Crippen molar-refractivity contribution in [2.24, 2.45) is 0 Å². The molecule has 1 aromatic carbocycles. The van der Waals surface area contributed by atoms with E-state index in [0.29, 0.717) is 0 Å². The summed E-state index contributed by atoms with van der Waals surface area (Å²) >= 11 is 1.42. The minimum Gasteiger partial charge on any atom is -0.493 e. The lowest BCUT2D eigenvalue weighted by molar-refractivity contribution is 0.351. The Bertz CT molecular complexity index is 512. The van der Waals surface area contributed by atoms with Crippen LogP contribution in [0.15, 0.2) is 24.4 Å². The molecule has 1 aromatic heterocycles. The van der Waals surface area contributed by atoms with E-state index in [1.165, 1.54) is 22.7 Å². The second kappa shape index (κ2) is 4.43. The number of aromatic nitrogens is 2. The SMILES string of the molecule is CNC(c1cnns1)c1cccc2c1OCC2. The van der Waals surface area contributed by atoms with Gasteiger partial charge in [0.05, 0.1) is 23.7 Å². The van der Waals surface area contributed by atoms with Crippen molar-refractivity contribution in [3.63, 3.8) is 0 Å². The fourth-order valence-corrected chi connectivity index (χ4v) is 2.85. The molecule has 0 spiro atoms. The summed E-state index contributed by atoms with van der Waals surface area (Å²) in [5.74, 6) is 1.03. The van der Waals surface area contributed by atoms with Gasteiger partial charge in [-0.15, -0.1) is 5.10 Å². The Kier molecular flexibility index (Phi) is 2.78. The number of nitrogens with one attached hydrogen (secondary N) is 1. The van der Waals surface area contributed by atoms with Gasteiger partial charge < -0.3 is 10.1 Å². The maximum absolute atomic E-state index is 5.73. The summed E-state index contributed by atoms with van der Waals surface area (Å²) in [6, 6.07) is 6.43. The minimum absolute atomic E-state index is 0.114. The van der Waals surface area contributed by atoms with Gasteiger partial charge >= 0.3 is 0 Å². The molecule has 1 aliphatic rings. The highest BCUT2D eigenvalue weighted by Gasteiger charge is 2.23. The zero-order valence-electron chi connectivity index (χ0n) is 9.51. The number of hydrogen-bond acceptors (Lipinski definition) is 5. The predicted octanol–water partition coefficient (Wildman–Crippen LogP) is 1.78. The lowest BCUT2D eigenvalue weighted by Gasteiger charge is -2.17. The summed E-state index contributed by atoms with van der Waals surface area (Å²) in [4.78, 5) is 1.11. The molecule has 3 rings (SSSR count). The van der Waals surface area contributed by atoms with Crippen LogP contribution < -0.4 is 10.1 Å². The van der Waals surface area contributed by atoms with E-state index in [1.54, 1.807) is 6.20 Å². The van der Waals surface area contributed by atoms with Crippen LogP contribution in [0.2, 0.25) is 0 Å². The summed E-state index contributed by atoms with van der Waals surface area (Å²) in [6.07, 6.45) is 2.81. The quantitative estimate of drug-likeness (QED) is 0.898. The molecule has 2 heterocycles. The van der Waals surface area contributed by atoms with Crippen LogP contribution in [0.5, 0.6) is 5.75 Å². The Hall–Kier alpha value is -1.46. The van der Waals surface area contributed by atoms with Crippen LogP contribution in [0.25, 0.3) is 0 Å². The molecule has 88 valence electrons. The Morgan fingerprint density at radius 3 is 3.18 bits per heavy atom. The van der Waals surface area contributed by atoms with E-state index in [-0.39, 0.29) is 6.04 Å². The molecule has 0 saturated carbocycles. The molecule has 0 radical (unpaired) electrons. The molecule has 1 atom stereocenters. The standard InChI is InChI=1S/C12H13N3OS/c1-13-11(10-7-14-15-17-10)9-4-2-3-8-5-6-16-12(8)9/h2-4,7,11,13H,5-6H2,1H3. The van der Waals surface area contributed by atoms with Crippen molar-refractivity contribution in [3.8, 4) is 5.75 Å². The zero-order valence-corrected chi connectivity index (χ0v) is 10.3. The molecule has 0 fully saturated rings. The highest BCUT2D eigenvalue weighted by atomic mass is 32.1. The topological polar surface area (TPSA) is 47.0 Å². The van der Waals surface area contributed by atoms with E-state index in [4.69, 9.17) is 4.74 Å². The molecule has 5 heteroatoms. The first-order valence-electron chi connectivity index (χ1n) is 5.59. The molecule has 0 saturated heterocycles. The van der Waals surface area contributed by atoms with E-state index in [0.717, 1.165) is 23.7 Å². The normalized spacial score (nSPS) is 15.4. The first-order chi connectivity index (χ1) is 8.40. The van der Waals surface area contributed by atoms with E-state index < -0.39 is 0 Å². The van der Waals surface area contributed by atoms with Gasteiger partial charge in [0.25, 0.3) is 0 Å². The zero-order chi connectivity index (χ0) is 11.7. The van der Waals surface area contributed by atoms with Gasteiger partial charge in [0, 0.05) is 12.0 Å². The van der Waals surface area contributed by atoms with Crippen LogP contribution >= 0.6 is 11.5 Å². The number of rotatable bonds is 3. The highest BCUT2D eigenvalue weighted by Crippen LogP contribution is 2.36. The minimum atomic E-state index is 0.114. The molecule has 2 aromatic rings. The third-order valence-corrected chi connectivity index (χ3v) is 3.74. The molecule has 1 N–H and O–H groups in total. The molecule has 0 aliphatic carbocycles. The van der Waals surface area contributed by atoms with Crippen LogP contribution in [-0.4, -0.2) is 23.2 Å². The second-order valence-corrected chi connectivity index (χ2v) is 4.79. The number of nitrogens with zero attached hydrogens (tertiary/aromatic N) is 2. The van der Waals surface area contributed by atoms with Crippen LogP contribution in [0.1, 0.15) is 22.0 Å². The molecular weight excluding hydrogens is 234 g/mol. The fraction of sp³-hybridized carbons (Fsp3) is 0.333. The first-order valence-corrected chi connectivity index (χ1v) is 6.36. The van der Waals surface area contributed by atoms with Crippen molar-refractivity contribution < 1.29 is 4.74 Å². The number of ether oxygens (including phenoxy) is 1. The smallest absolute Gasteiger partial charge is 0.127 e. The molecule has 1 aliphatic heterocycles. The van der Waals surface area contributed by atoms with Gasteiger partial charge in [0.1, 0.15) is 5.75 Å². The van der Waals surface area contributed by atoms with Gasteiger partial charge in [-0.05, 0) is 24.1 Å². The summed E-state index contributed by atoms with van der Waals surface area (Å²) in [6.45, 7) is 0.781. The Labute approximate surface area is 104 Å². The fourth-order valence-electron chi connectivity index (χ4n) is 2.22. The van der Waals surface area contributed by atoms with Gasteiger partial charge in [-0.3, -0.25) is 0 Å². The third kappa shape index (κ3) is 1.81. The molecule has 0 amide bonds. The average molecular weight is 247 g/mol. The van der Waals surface area contributed by atoms with Gasteiger partial charge in [-0.2, -0.15) is 0 Å². The largest absolute Gasteiger partial charge is 0.493 e. The van der Waals surface area contributed by atoms with E-state index in [1.807, 2.05) is 7.05 Å². The molecule has 0 bridgehead atoms. The van der Waals surface area contributed by atoms with Crippen LogP contribution in [-0.2, 0) is 6.42 Å². The average Bonchev–Trinajstić information content (AvgIpc) is 3.00. The molecular formula is C12H13N3OS. The highest BCUT2D eigenvalue weighted by molar-refractivity contribution is 7.05. The first kappa shape index (κ1) is 10.7. The van der Waals surface area contributed by atoms with Crippen molar-refractivity contribution in [2.45, 2.75) is 12.5 Å². The number of hydrogen-bond donors (Lipinski definition) is 1. The summed E-state index contributed by atoms with van der Waals surface area (Å²) in [5.41, 5.74) is 2.47. The van der Waals surface area contributed by atoms with Gasteiger partial charge in [-0.1, -0.05) is 22.7 Å². The number of benzene rings is 1.